The van der Waals surface area contributed by atoms with Gasteiger partial charge in [-0.05, 0) is 25.0 Å². The minimum atomic E-state index is 0.00981. The number of Topliss-reactive ketones (excluding diaryl/α,β-unsaturated/α-hetero) is 1. The summed E-state index contributed by atoms with van der Waals surface area (Å²) in [5.41, 5.74) is 0.582. The van der Waals surface area contributed by atoms with Gasteiger partial charge in [-0.2, -0.15) is 0 Å². The Labute approximate surface area is 124 Å². The number of rotatable bonds is 4. The van der Waals surface area contributed by atoms with Gasteiger partial charge in [0.1, 0.15) is 0 Å². The van der Waals surface area contributed by atoms with Gasteiger partial charge in [0.25, 0.3) is 0 Å². The minimum Gasteiger partial charge on any atom is -0.354 e. The zero-order valence-electron chi connectivity index (χ0n) is 11.6. The molecule has 1 heterocycles. The molecule has 1 aliphatic heterocycles. The van der Waals surface area contributed by atoms with Crippen LogP contribution in [0.1, 0.15) is 30.1 Å². The largest absolute Gasteiger partial charge is 0.354 e. The van der Waals surface area contributed by atoms with Crippen LogP contribution in [0.5, 0.6) is 0 Å². The Morgan fingerprint density at radius 3 is 2.55 bits per heavy atom. The molecule has 0 aromatic heterocycles. The molecular weight excluding hydrogens is 276 g/mol. The number of piperidine rings is 1. The molecule has 0 atom stereocenters. The number of carbonyl (C=O) groups is 2. The van der Waals surface area contributed by atoms with Crippen LogP contribution in [0.4, 0.5) is 0 Å². The molecule has 1 amide bonds. The van der Waals surface area contributed by atoms with Gasteiger partial charge in [-0.15, -0.1) is 0 Å². The van der Waals surface area contributed by atoms with Crippen molar-refractivity contribution in [2.75, 3.05) is 19.6 Å². The molecular formula is C15H19ClN2O2. The number of benzene rings is 1. The summed E-state index contributed by atoms with van der Waals surface area (Å²) < 4.78 is 0. The van der Waals surface area contributed by atoms with Gasteiger partial charge in [-0.3, -0.25) is 14.5 Å². The van der Waals surface area contributed by atoms with Crippen LogP contribution in [-0.4, -0.2) is 42.3 Å². The van der Waals surface area contributed by atoms with Gasteiger partial charge in [-0.1, -0.05) is 23.7 Å². The molecule has 1 aromatic carbocycles. The van der Waals surface area contributed by atoms with Gasteiger partial charge in [0.05, 0.1) is 11.6 Å². The summed E-state index contributed by atoms with van der Waals surface area (Å²) in [4.78, 5) is 25.3. The maximum atomic E-state index is 12.2. The quantitative estimate of drug-likeness (QED) is 0.866. The lowest BCUT2D eigenvalue weighted by molar-refractivity contribution is -0.119. The Balaban J connectivity index is 1.85. The Morgan fingerprint density at radius 2 is 1.95 bits per heavy atom. The van der Waals surface area contributed by atoms with E-state index >= 15 is 0 Å². The number of ketones is 1. The van der Waals surface area contributed by atoms with Crippen LogP contribution >= 0.6 is 11.6 Å². The first-order valence-corrected chi connectivity index (χ1v) is 7.21. The van der Waals surface area contributed by atoms with Crippen LogP contribution in [0, 0.1) is 0 Å². The third-order valence-corrected chi connectivity index (χ3v) is 3.87. The van der Waals surface area contributed by atoms with E-state index in [1.807, 2.05) is 12.1 Å². The molecule has 0 unspecified atom stereocenters. The van der Waals surface area contributed by atoms with E-state index in [1.54, 1.807) is 12.1 Å². The van der Waals surface area contributed by atoms with Crippen molar-refractivity contribution in [2.45, 2.75) is 25.8 Å². The van der Waals surface area contributed by atoms with Crippen LogP contribution in [0.2, 0.25) is 5.02 Å². The number of hydrogen-bond acceptors (Lipinski definition) is 3. The summed E-state index contributed by atoms with van der Waals surface area (Å²) in [7, 11) is 0. The van der Waals surface area contributed by atoms with Crippen LogP contribution in [0.15, 0.2) is 24.3 Å². The Hall–Kier alpha value is -1.39. The number of hydrogen-bond donors (Lipinski definition) is 1. The molecule has 0 spiro atoms. The molecule has 108 valence electrons. The highest BCUT2D eigenvalue weighted by atomic mass is 35.5. The lowest BCUT2D eigenvalue weighted by Gasteiger charge is -2.31. The van der Waals surface area contributed by atoms with Crippen molar-refractivity contribution in [3.05, 3.63) is 34.9 Å². The maximum absolute atomic E-state index is 12.2. The van der Waals surface area contributed by atoms with Gasteiger partial charge in [-0.25, -0.2) is 0 Å². The van der Waals surface area contributed by atoms with E-state index in [9.17, 15) is 9.59 Å². The molecule has 1 aromatic rings. The van der Waals surface area contributed by atoms with Crippen molar-refractivity contribution in [1.29, 1.82) is 0 Å². The van der Waals surface area contributed by atoms with Crippen molar-refractivity contribution in [3.8, 4) is 0 Å². The lowest BCUT2D eigenvalue weighted by Crippen LogP contribution is -2.45. The van der Waals surface area contributed by atoms with E-state index < -0.39 is 0 Å². The summed E-state index contributed by atoms with van der Waals surface area (Å²) in [6.45, 7) is 3.56. The number of nitrogens with one attached hydrogen (secondary N) is 1. The summed E-state index contributed by atoms with van der Waals surface area (Å²) >= 11 is 6.03. The fourth-order valence-corrected chi connectivity index (χ4v) is 2.74. The average Bonchev–Trinajstić information content (AvgIpc) is 2.41. The molecule has 1 fully saturated rings. The van der Waals surface area contributed by atoms with E-state index in [2.05, 4.69) is 10.2 Å². The van der Waals surface area contributed by atoms with Crippen molar-refractivity contribution >= 4 is 23.3 Å². The molecule has 4 nitrogen and oxygen atoms in total. The number of likely N-dealkylation sites (tertiary alicyclic amines) is 1. The summed E-state index contributed by atoms with van der Waals surface area (Å²) in [6.07, 6.45) is 1.77. The molecule has 5 heteroatoms. The maximum Gasteiger partial charge on any atom is 0.217 e. The van der Waals surface area contributed by atoms with E-state index in [-0.39, 0.29) is 17.7 Å². The Bertz CT molecular complexity index is 496. The second-order valence-corrected chi connectivity index (χ2v) is 5.56. The molecule has 0 radical (unpaired) electrons. The molecule has 2 rings (SSSR count). The highest BCUT2D eigenvalue weighted by molar-refractivity contribution is 6.34. The molecule has 20 heavy (non-hydrogen) atoms. The number of halogens is 1. The van der Waals surface area contributed by atoms with E-state index in [4.69, 9.17) is 11.6 Å². The number of amides is 1. The smallest absolute Gasteiger partial charge is 0.217 e. The number of nitrogens with zero attached hydrogens (tertiary/aromatic N) is 1. The standard InChI is InChI=1S/C15H19ClN2O2/c1-11(19)17-12-6-8-18(9-7-12)10-15(20)13-4-2-3-5-14(13)16/h2-5,12H,6-10H2,1H3,(H,17,19). The normalized spacial score (nSPS) is 16.9. The molecule has 0 bridgehead atoms. The second-order valence-electron chi connectivity index (χ2n) is 5.15. The first-order valence-electron chi connectivity index (χ1n) is 6.83. The molecule has 1 saturated heterocycles. The van der Waals surface area contributed by atoms with Crippen LogP contribution in [-0.2, 0) is 4.79 Å². The van der Waals surface area contributed by atoms with E-state index in [0.717, 1.165) is 25.9 Å². The van der Waals surface area contributed by atoms with Gasteiger partial charge in [0.15, 0.2) is 5.78 Å². The van der Waals surface area contributed by atoms with Gasteiger partial charge in [0.2, 0.25) is 5.91 Å². The van der Waals surface area contributed by atoms with Crippen molar-refractivity contribution in [1.82, 2.24) is 10.2 Å². The zero-order valence-corrected chi connectivity index (χ0v) is 12.3. The fourth-order valence-electron chi connectivity index (χ4n) is 2.50. The topological polar surface area (TPSA) is 49.4 Å². The number of carbonyl (C=O) groups excluding carboxylic acids is 2. The molecule has 0 saturated carbocycles. The molecule has 1 N–H and O–H groups in total. The van der Waals surface area contributed by atoms with Crippen LogP contribution < -0.4 is 5.32 Å². The van der Waals surface area contributed by atoms with Gasteiger partial charge >= 0.3 is 0 Å². The van der Waals surface area contributed by atoms with Crippen molar-refractivity contribution < 1.29 is 9.59 Å². The third-order valence-electron chi connectivity index (χ3n) is 3.54. The first kappa shape index (κ1) is 15.0. The molecule has 1 aliphatic rings. The van der Waals surface area contributed by atoms with Crippen LogP contribution in [0.25, 0.3) is 0 Å². The average molecular weight is 295 g/mol. The van der Waals surface area contributed by atoms with Gasteiger partial charge in [0, 0.05) is 31.6 Å². The van der Waals surface area contributed by atoms with Crippen molar-refractivity contribution in [2.24, 2.45) is 0 Å². The highest BCUT2D eigenvalue weighted by Crippen LogP contribution is 2.17. The summed E-state index contributed by atoms with van der Waals surface area (Å²) in [5.74, 6) is 0.0594. The fraction of sp³-hybridized carbons (Fsp3) is 0.467. The second kappa shape index (κ2) is 6.86. The Morgan fingerprint density at radius 1 is 1.30 bits per heavy atom. The van der Waals surface area contributed by atoms with Gasteiger partial charge < -0.3 is 5.32 Å². The first-order chi connectivity index (χ1) is 9.56. The summed E-state index contributed by atoms with van der Waals surface area (Å²) in [5, 5.41) is 3.43. The lowest BCUT2D eigenvalue weighted by atomic mass is 10.0. The summed E-state index contributed by atoms with van der Waals surface area (Å²) in [6, 6.07) is 7.37. The van der Waals surface area contributed by atoms with Crippen LogP contribution in [0.3, 0.4) is 0 Å². The monoisotopic (exact) mass is 294 g/mol. The van der Waals surface area contributed by atoms with E-state index in [0.29, 0.717) is 17.1 Å². The third kappa shape index (κ3) is 4.05. The zero-order chi connectivity index (χ0) is 14.5. The predicted octanol–water partition coefficient (Wildman–Crippen LogP) is 2.12. The van der Waals surface area contributed by atoms with E-state index in [1.165, 1.54) is 6.92 Å². The highest BCUT2D eigenvalue weighted by Gasteiger charge is 2.22. The minimum absolute atomic E-state index is 0.00981. The Kier molecular flexibility index (Phi) is 5.15. The predicted molar refractivity (Wildman–Crippen MR) is 79.1 cm³/mol. The van der Waals surface area contributed by atoms with Crippen molar-refractivity contribution in [3.63, 3.8) is 0 Å². The SMILES string of the molecule is CC(=O)NC1CCN(CC(=O)c2ccccc2Cl)CC1. The molecule has 0 aliphatic carbocycles.